The lowest BCUT2D eigenvalue weighted by Gasteiger charge is -2.12. The molecule has 3 N–H and O–H groups in total. The largest absolute Gasteiger partial charge is 0.383 e. The van der Waals surface area contributed by atoms with Gasteiger partial charge in [0, 0.05) is 20.2 Å². The van der Waals surface area contributed by atoms with Crippen LogP contribution in [0.3, 0.4) is 0 Å². The second kappa shape index (κ2) is 8.60. The van der Waals surface area contributed by atoms with Gasteiger partial charge >= 0.3 is 0 Å². The van der Waals surface area contributed by atoms with Gasteiger partial charge in [0.1, 0.15) is 4.90 Å². The lowest BCUT2D eigenvalue weighted by Crippen LogP contribution is -2.32. The van der Waals surface area contributed by atoms with Crippen molar-refractivity contribution in [3.63, 3.8) is 0 Å². The minimum Gasteiger partial charge on any atom is -0.383 e. The molecule has 1 amide bonds. The van der Waals surface area contributed by atoms with Gasteiger partial charge in [-0.05, 0) is 12.1 Å². The molecule has 8 heteroatoms. The van der Waals surface area contributed by atoms with Gasteiger partial charge < -0.3 is 15.4 Å². The first-order chi connectivity index (χ1) is 10.0. The number of amides is 1. The number of anilines is 1. The molecule has 0 heterocycles. The second-order valence-electron chi connectivity index (χ2n) is 4.19. The summed E-state index contributed by atoms with van der Waals surface area (Å²) in [5.41, 5.74) is 0.389. The molecule has 0 aliphatic heterocycles. The van der Waals surface area contributed by atoms with Crippen LogP contribution in [0.1, 0.15) is 6.92 Å². The van der Waals surface area contributed by atoms with Crippen molar-refractivity contribution in [2.75, 3.05) is 38.7 Å². The summed E-state index contributed by atoms with van der Waals surface area (Å²) in [6.07, 6.45) is 0. The zero-order valence-corrected chi connectivity index (χ0v) is 13.0. The van der Waals surface area contributed by atoms with E-state index in [1.165, 1.54) is 6.07 Å². The van der Waals surface area contributed by atoms with E-state index in [1.54, 1.807) is 32.2 Å². The van der Waals surface area contributed by atoms with E-state index >= 15 is 0 Å². The van der Waals surface area contributed by atoms with Crippen LogP contribution in [0, 0.1) is 0 Å². The van der Waals surface area contributed by atoms with Gasteiger partial charge in [-0.25, -0.2) is 13.1 Å². The van der Waals surface area contributed by atoms with Crippen LogP contribution >= 0.6 is 0 Å². The maximum Gasteiger partial charge on any atom is 0.242 e. The van der Waals surface area contributed by atoms with Crippen LogP contribution in [0.25, 0.3) is 0 Å². The Kier molecular flexibility index (Phi) is 7.13. The predicted molar refractivity (Wildman–Crippen MR) is 80.7 cm³/mol. The smallest absolute Gasteiger partial charge is 0.242 e. The van der Waals surface area contributed by atoms with Crippen molar-refractivity contribution in [3.05, 3.63) is 24.3 Å². The molecule has 118 valence electrons. The molecule has 0 aliphatic rings. The zero-order chi connectivity index (χ0) is 15.7. The van der Waals surface area contributed by atoms with Crippen LogP contribution in [-0.2, 0) is 19.6 Å². The maximum absolute atomic E-state index is 12.0. The molecule has 0 fully saturated rings. The Bertz CT molecular complexity index is 560. The van der Waals surface area contributed by atoms with Gasteiger partial charge in [-0.1, -0.05) is 19.1 Å². The molecular weight excluding hydrogens is 294 g/mol. The van der Waals surface area contributed by atoms with Crippen molar-refractivity contribution in [2.45, 2.75) is 11.8 Å². The van der Waals surface area contributed by atoms with Gasteiger partial charge in [-0.15, -0.1) is 0 Å². The molecule has 0 bridgehead atoms. The van der Waals surface area contributed by atoms with Crippen LogP contribution in [0.4, 0.5) is 5.69 Å². The summed E-state index contributed by atoms with van der Waals surface area (Å²) in [5, 5.41) is 5.48. The minimum atomic E-state index is -3.57. The Balaban J connectivity index is 2.70. The molecule has 0 radical (unpaired) electrons. The zero-order valence-electron chi connectivity index (χ0n) is 12.2. The highest BCUT2D eigenvalue weighted by Crippen LogP contribution is 2.20. The van der Waals surface area contributed by atoms with Crippen molar-refractivity contribution < 1.29 is 17.9 Å². The van der Waals surface area contributed by atoms with Gasteiger partial charge in [0.15, 0.2) is 0 Å². The van der Waals surface area contributed by atoms with E-state index in [0.29, 0.717) is 25.4 Å². The second-order valence-corrected chi connectivity index (χ2v) is 5.93. The molecule has 21 heavy (non-hydrogen) atoms. The van der Waals surface area contributed by atoms with Crippen LogP contribution in [0.15, 0.2) is 29.2 Å². The monoisotopic (exact) mass is 315 g/mol. The standard InChI is InChI=1S/C13H21N3O4S/c1-3-16-21(18,19)12-7-5-4-6-11(12)15-10-13(17)14-8-9-20-2/h4-7,15-16H,3,8-10H2,1-2H3,(H,14,17). The number of ether oxygens (including phenoxy) is 1. The molecule has 7 nitrogen and oxygen atoms in total. The Hall–Kier alpha value is -1.64. The summed E-state index contributed by atoms with van der Waals surface area (Å²) in [6, 6.07) is 6.44. The normalized spacial score (nSPS) is 11.1. The average Bonchev–Trinajstić information content (AvgIpc) is 2.45. The first-order valence-corrected chi connectivity index (χ1v) is 8.07. The van der Waals surface area contributed by atoms with E-state index in [-0.39, 0.29) is 17.3 Å². The predicted octanol–water partition coefficient (Wildman–Crippen LogP) is 0.159. The molecule has 0 atom stereocenters. The molecule has 0 saturated heterocycles. The SMILES string of the molecule is CCNS(=O)(=O)c1ccccc1NCC(=O)NCCOC. The topological polar surface area (TPSA) is 96.5 Å². The van der Waals surface area contributed by atoms with Gasteiger partial charge in [0.25, 0.3) is 0 Å². The van der Waals surface area contributed by atoms with Crippen molar-refractivity contribution in [1.82, 2.24) is 10.0 Å². The van der Waals surface area contributed by atoms with Gasteiger partial charge in [-0.3, -0.25) is 4.79 Å². The van der Waals surface area contributed by atoms with E-state index in [0.717, 1.165) is 0 Å². The van der Waals surface area contributed by atoms with E-state index < -0.39 is 10.0 Å². The Labute approximate surface area is 125 Å². The third-order valence-corrected chi connectivity index (χ3v) is 4.18. The molecule has 0 unspecified atom stereocenters. The molecule has 1 aromatic rings. The highest BCUT2D eigenvalue weighted by Gasteiger charge is 2.17. The quantitative estimate of drug-likeness (QED) is 0.564. The Morgan fingerprint density at radius 2 is 2.00 bits per heavy atom. The lowest BCUT2D eigenvalue weighted by molar-refractivity contribution is -0.119. The Morgan fingerprint density at radius 1 is 1.29 bits per heavy atom. The fourth-order valence-corrected chi connectivity index (χ4v) is 2.87. The first kappa shape index (κ1) is 17.4. The number of rotatable bonds is 9. The van der Waals surface area contributed by atoms with Gasteiger partial charge in [0.05, 0.1) is 18.8 Å². The van der Waals surface area contributed by atoms with Gasteiger partial charge in [0.2, 0.25) is 15.9 Å². The number of carbonyl (C=O) groups excluding carboxylic acids is 1. The summed E-state index contributed by atoms with van der Waals surface area (Å²) in [4.78, 5) is 11.7. The minimum absolute atomic E-state index is 0.0115. The third kappa shape index (κ3) is 5.70. The lowest BCUT2D eigenvalue weighted by atomic mass is 10.3. The number of hydrogen-bond donors (Lipinski definition) is 3. The van der Waals surface area contributed by atoms with Crippen molar-refractivity contribution in [1.29, 1.82) is 0 Å². The number of nitrogens with one attached hydrogen (secondary N) is 3. The van der Waals surface area contributed by atoms with Gasteiger partial charge in [-0.2, -0.15) is 0 Å². The summed E-state index contributed by atoms with van der Waals surface area (Å²) in [7, 11) is -2.03. The molecular formula is C13H21N3O4S. The molecule has 0 aromatic heterocycles. The van der Waals surface area contributed by atoms with Crippen LogP contribution < -0.4 is 15.4 Å². The molecule has 1 aromatic carbocycles. The average molecular weight is 315 g/mol. The first-order valence-electron chi connectivity index (χ1n) is 6.59. The van der Waals surface area contributed by atoms with Crippen molar-refractivity contribution in [3.8, 4) is 0 Å². The summed E-state index contributed by atoms with van der Waals surface area (Å²) in [6.45, 7) is 2.83. The van der Waals surface area contributed by atoms with Crippen LogP contribution in [0.5, 0.6) is 0 Å². The summed E-state index contributed by atoms with van der Waals surface area (Å²) < 4.78 is 31.3. The Morgan fingerprint density at radius 3 is 2.67 bits per heavy atom. The fourth-order valence-electron chi connectivity index (χ4n) is 1.65. The van der Waals surface area contributed by atoms with Crippen molar-refractivity contribution in [2.24, 2.45) is 0 Å². The molecule has 0 saturated carbocycles. The number of carbonyl (C=O) groups is 1. The van der Waals surface area contributed by atoms with E-state index in [1.807, 2.05) is 0 Å². The highest BCUT2D eigenvalue weighted by atomic mass is 32.2. The fraction of sp³-hybridized carbons (Fsp3) is 0.462. The number of para-hydroxylation sites is 1. The van der Waals surface area contributed by atoms with E-state index in [9.17, 15) is 13.2 Å². The molecule has 0 aliphatic carbocycles. The maximum atomic E-state index is 12.0. The van der Waals surface area contributed by atoms with Crippen molar-refractivity contribution >= 4 is 21.6 Å². The van der Waals surface area contributed by atoms with E-state index in [4.69, 9.17) is 4.74 Å². The summed E-state index contributed by atoms with van der Waals surface area (Å²) >= 11 is 0. The molecule has 1 rings (SSSR count). The summed E-state index contributed by atoms with van der Waals surface area (Å²) in [5.74, 6) is -0.234. The number of methoxy groups -OCH3 is 1. The number of benzene rings is 1. The highest BCUT2D eigenvalue weighted by molar-refractivity contribution is 7.89. The van der Waals surface area contributed by atoms with Crippen LogP contribution in [0.2, 0.25) is 0 Å². The van der Waals surface area contributed by atoms with Crippen LogP contribution in [-0.4, -0.2) is 47.7 Å². The number of sulfonamides is 1. The number of hydrogen-bond acceptors (Lipinski definition) is 5. The molecule has 0 spiro atoms. The third-order valence-electron chi connectivity index (χ3n) is 2.58. The van der Waals surface area contributed by atoms with E-state index in [2.05, 4.69) is 15.4 Å².